The molecule has 0 saturated carbocycles. The molecule has 1 aliphatic heterocycles. The summed E-state index contributed by atoms with van der Waals surface area (Å²) in [6.07, 6.45) is 3.22. The van der Waals surface area contributed by atoms with E-state index in [0.29, 0.717) is 29.7 Å². The first-order chi connectivity index (χ1) is 15.0. The Morgan fingerprint density at radius 3 is 2.65 bits per heavy atom. The van der Waals surface area contributed by atoms with Crippen LogP contribution in [0.15, 0.2) is 42.5 Å². The van der Waals surface area contributed by atoms with Crippen LogP contribution in [0, 0.1) is 0 Å². The van der Waals surface area contributed by atoms with Crippen LogP contribution < -0.4 is 19.7 Å². The molecule has 1 heterocycles. The van der Waals surface area contributed by atoms with E-state index in [1.165, 1.54) is 11.8 Å². The van der Waals surface area contributed by atoms with Gasteiger partial charge in [-0.3, -0.25) is 4.79 Å². The third-order valence-corrected chi connectivity index (χ3v) is 5.54. The van der Waals surface area contributed by atoms with Crippen LogP contribution in [0.2, 0.25) is 5.02 Å². The molecule has 2 aromatic carbocycles. The Kier molecular flexibility index (Phi) is 8.20. The number of carbonyl (C=O) groups excluding carboxylic acids is 1. The van der Waals surface area contributed by atoms with Crippen molar-refractivity contribution in [2.75, 3.05) is 51.8 Å². The smallest absolute Gasteiger partial charge is 0.244 e. The molecule has 1 amide bonds. The standard InChI is InChI=1S/C24H30ClN3O3/c1-4-31-24-20(25)15-18(16-22(24)30-3)9-10-23(29)26-17-19-7-5-6-8-21(19)28-13-11-27(2)12-14-28/h5-10,15-16H,4,11-14,17H2,1-3H3,(H,26,29)/b10-9+. The van der Waals surface area contributed by atoms with Crippen LogP contribution in [0.25, 0.3) is 6.08 Å². The maximum absolute atomic E-state index is 12.4. The van der Waals surface area contributed by atoms with Gasteiger partial charge >= 0.3 is 0 Å². The number of ether oxygens (including phenoxy) is 2. The zero-order chi connectivity index (χ0) is 22.2. The number of para-hydroxylation sites is 1. The summed E-state index contributed by atoms with van der Waals surface area (Å²) in [6, 6.07) is 11.8. The van der Waals surface area contributed by atoms with E-state index < -0.39 is 0 Å². The summed E-state index contributed by atoms with van der Waals surface area (Å²) < 4.78 is 10.9. The SMILES string of the molecule is CCOc1c(Cl)cc(/C=C/C(=O)NCc2ccccc2N2CCN(C)CC2)cc1OC. The first kappa shape index (κ1) is 23.0. The van der Waals surface area contributed by atoms with E-state index in [2.05, 4.69) is 34.3 Å². The average molecular weight is 444 g/mol. The third-order valence-electron chi connectivity index (χ3n) is 5.26. The molecule has 0 bridgehead atoms. The van der Waals surface area contributed by atoms with Crippen molar-refractivity contribution in [2.45, 2.75) is 13.5 Å². The lowest BCUT2D eigenvalue weighted by atomic mass is 10.1. The predicted octanol–water partition coefficient (Wildman–Crippen LogP) is 3.83. The molecule has 0 aliphatic carbocycles. The summed E-state index contributed by atoms with van der Waals surface area (Å²) in [7, 11) is 3.70. The summed E-state index contributed by atoms with van der Waals surface area (Å²) in [5, 5.41) is 3.43. The van der Waals surface area contributed by atoms with Gasteiger partial charge in [-0.2, -0.15) is 0 Å². The van der Waals surface area contributed by atoms with E-state index in [1.807, 2.05) is 19.1 Å². The van der Waals surface area contributed by atoms with Gasteiger partial charge in [-0.25, -0.2) is 0 Å². The van der Waals surface area contributed by atoms with Gasteiger partial charge in [0, 0.05) is 44.5 Å². The van der Waals surface area contributed by atoms with Crippen molar-refractivity contribution in [2.24, 2.45) is 0 Å². The fourth-order valence-corrected chi connectivity index (χ4v) is 3.82. The molecule has 0 unspecified atom stereocenters. The van der Waals surface area contributed by atoms with Crippen LogP contribution in [-0.4, -0.2) is 57.8 Å². The highest BCUT2D eigenvalue weighted by Gasteiger charge is 2.17. The van der Waals surface area contributed by atoms with Gasteiger partial charge in [-0.15, -0.1) is 0 Å². The molecule has 0 radical (unpaired) electrons. The molecular weight excluding hydrogens is 414 g/mol. The second kappa shape index (κ2) is 11.1. The molecule has 0 spiro atoms. The van der Waals surface area contributed by atoms with Crippen molar-refractivity contribution in [1.29, 1.82) is 0 Å². The summed E-state index contributed by atoms with van der Waals surface area (Å²) in [4.78, 5) is 17.1. The molecule has 6 nitrogen and oxygen atoms in total. The average Bonchev–Trinajstić information content (AvgIpc) is 2.78. The molecule has 3 rings (SSSR count). The van der Waals surface area contributed by atoms with Crippen LogP contribution in [0.4, 0.5) is 5.69 Å². The number of hydrogen-bond donors (Lipinski definition) is 1. The Bertz CT molecular complexity index is 924. The van der Waals surface area contributed by atoms with Crippen molar-refractivity contribution in [3.63, 3.8) is 0 Å². The van der Waals surface area contributed by atoms with Crippen LogP contribution in [-0.2, 0) is 11.3 Å². The molecule has 0 aromatic heterocycles. The quantitative estimate of drug-likeness (QED) is 0.628. The van der Waals surface area contributed by atoms with E-state index in [9.17, 15) is 4.79 Å². The largest absolute Gasteiger partial charge is 0.493 e. The number of methoxy groups -OCH3 is 1. The van der Waals surface area contributed by atoms with Crippen molar-refractivity contribution in [3.05, 3.63) is 58.6 Å². The number of halogens is 1. The van der Waals surface area contributed by atoms with Crippen LogP contribution in [0.1, 0.15) is 18.1 Å². The minimum absolute atomic E-state index is 0.169. The summed E-state index contributed by atoms with van der Waals surface area (Å²) in [5.41, 5.74) is 3.06. The highest BCUT2D eigenvalue weighted by Crippen LogP contribution is 2.36. The van der Waals surface area contributed by atoms with E-state index in [0.717, 1.165) is 37.3 Å². The van der Waals surface area contributed by atoms with E-state index in [4.69, 9.17) is 21.1 Å². The Morgan fingerprint density at radius 1 is 1.19 bits per heavy atom. The number of rotatable bonds is 8. The lowest BCUT2D eigenvalue weighted by Gasteiger charge is -2.35. The molecular formula is C24H30ClN3O3. The maximum Gasteiger partial charge on any atom is 0.244 e. The number of anilines is 1. The monoisotopic (exact) mass is 443 g/mol. The number of benzene rings is 2. The molecule has 2 aromatic rings. The molecule has 166 valence electrons. The summed E-state index contributed by atoms with van der Waals surface area (Å²) in [6.45, 7) is 6.90. The molecule has 1 aliphatic rings. The summed E-state index contributed by atoms with van der Waals surface area (Å²) >= 11 is 6.30. The van der Waals surface area contributed by atoms with E-state index >= 15 is 0 Å². The molecule has 7 heteroatoms. The minimum Gasteiger partial charge on any atom is -0.493 e. The molecule has 1 N–H and O–H groups in total. The van der Waals surface area contributed by atoms with Crippen LogP contribution in [0.5, 0.6) is 11.5 Å². The van der Waals surface area contributed by atoms with Gasteiger partial charge in [0.1, 0.15) is 0 Å². The first-order valence-electron chi connectivity index (χ1n) is 10.5. The van der Waals surface area contributed by atoms with Gasteiger partial charge < -0.3 is 24.6 Å². The Labute approximate surface area is 189 Å². The van der Waals surface area contributed by atoms with E-state index in [1.54, 1.807) is 25.3 Å². The zero-order valence-corrected chi connectivity index (χ0v) is 19.1. The molecule has 1 saturated heterocycles. The van der Waals surface area contributed by atoms with Crippen molar-refractivity contribution in [1.82, 2.24) is 10.2 Å². The number of amides is 1. The Hall–Kier alpha value is -2.70. The number of hydrogen-bond acceptors (Lipinski definition) is 5. The second-order valence-electron chi connectivity index (χ2n) is 7.44. The Balaban J connectivity index is 1.63. The molecule has 31 heavy (non-hydrogen) atoms. The lowest BCUT2D eigenvalue weighted by Crippen LogP contribution is -2.45. The zero-order valence-electron chi connectivity index (χ0n) is 18.4. The van der Waals surface area contributed by atoms with Crippen molar-refractivity contribution >= 4 is 29.3 Å². The predicted molar refractivity (Wildman–Crippen MR) is 126 cm³/mol. The van der Waals surface area contributed by atoms with Crippen molar-refractivity contribution < 1.29 is 14.3 Å². The Morgan fingerprint density at radius 2 is 1.94 bits per heavy atom. The first-order valence-corrected chi connectivity index (χ1v) is 10.9. The summed E-state index contributed by atoms with van der Waals surface area (Å²) in [5.74, 6) is 0.876. The maximum atomic E-state index is 12.4. The van der Waals surface area contributed by atoms with Crippen molar-refractivity contribution in [3.8, 4) is 11.5 Å². The van der Waals surface area contributed by atoms with Gasteiger partial charge in [-0.1, -0.05) is 29.8 Å². The van der Waals surface area contributed by atoms with Gasteiger partial charge in [0.25, 0.3) is 0 Å². The number of nitrogens with one attached hydrogen (secondary N) is 1. The lowest BCUT2D eigenvalue weighted by molar-refractivity contribution is -0.116. The minimum atomic E-state index is -0.169. The highest BCUT2D eigenvalue weighted by atomic mass is 35.5. The van der Waals surface area contributed by atoms with Gasteiger partial charge in [-0.05, 0) is 49.4 Å². The highest BCUT2D eigenvalue weighted by molar-refractivity contribution is 6.32. The fourth-order valence-electron chi connectivity index (χ4n) is 3.55. The van der Waals surface area contributed by atoms with E-state index in [-0.39, 0.29) is 5.91 Å². The normalized spacial score (nSPS) is 14.6. The van der Waals surface area contributed by atoms with Gasteiger partial charge in [0.15, 0.2) is 11.5 Å². The van der Waals surface area contributed by atoms with Crippen LogP contribution in [0.3, 0.4) is 0 Å². The molecule has 1 fully saturated rings. The number of piperazine rings is 1. The number of carbonyl (C=O) groups is 1. The van der Waals surface area contributed by atoms with Gasteiger partial charge in [0.05, 0.1) is 18.7 Å². The third kappa shape index (κ3) is 6.15. The second-order valence-corrected chi connectivity index (χ2v) is 7.84. The van der Waals surface area contributed by atoms with Gasteiger partial charge in [0.2, 0.25) is 5.91 Å². The number of nitrogens with zero attached hydrogens (tertiary/aromatic N) is 2. The number of likely N-dealkylation sites (N-methyl/N-ethyl adjacent to an activating group) is 1. The van der Waals surface area contributed by atoms with Crippen LogP contribution >= 0.6 is 11.6 Å². The topological polar surface area (TPSA) is 54.0 Å². The molecule has 0 atom stereocenters. The fraction of sp³-hybridized carbons (Fsp3) is 0.375.